The van der Waals surface area contributed by atoms with Crippen molar-refractivity contribution >= 4 is 40.4 Å². The fraction of sp³-hybridized carbons (Fsp3) is 0.500. The first kappa shape index (κ1) is 29.0. The van der Waals surface area contributed by atoms with Crippen LogP contribution in [0.1, 0.15) is 54.4 Å². The molecule has 1 saturated heterocycles. The Kier molecular flexibility index (Phi) is 10.1. The average Bonchev–Trinajstić information content (AvgIpc) is 3.31. The number of Topliss-reactive ketones (excluding diaryl/α,β-unsaturated/α-hetero) is 1. The second kappa shape index (κ2) is 13.3. The molecule has 38 heavy (non-hydrogen) atoms. The molecule has 1 aliphatic rings. The van der Waals surface area contributed by atoms with Crippen LogP contribution in [0.2, 0.25) is 0 Å². The van der Waals surface area contributed by atoms with Crippen molar-refractivity contribution in [2.75, 3.05) is 26.2 Å². The second-order valence-corrected chi connectivity index (χ2v) is 9.54. The standard InChI is InChI=1S/C26H35N5O7/c27-14-22(33)31(25(36)18(28)13-23(34)35)20(26(37)38)12-16-15-29-19-7-4-6-17(24(16)19)21(32)8-5-11-30-9-2-1-3-10-30/h4,6-7,15,18,20,29H,1-3,5,8-14,27-28H2,(H,34,35)(H,37,38). The van der Waals surface area contributed by atoms with Gasteiger partial charge in [0.2, 0.25) is 11.8 Å². The lowest BCUT2D eigenvalue weighted by Gasteiger charge is -2.29. The van der Waals surface area contributed by atoms with E-state index in [1.807, 2.05) is 0 Å². The van der Waals surface area contributed by atoms with Gasteiger partial charge in [-0.1, -0.05) is 18.6 Å². The Morgan fingerprint density at radius 1 is 1.08 bits per heavy atom. The van der Waals surface area contributed by atoms with E-state index >= 15 is 0 Å². The van der Waals surface area contributed by atoms with Gasteiger partial charge in [0.05, 0.1) is 19.0 Å². The van der Waals surface area contributed by atoms with E-state index in [1.165, 1.54) is 12.6 Å². The summed E-state index contributed by atoms with van der Waals surface area (Å²) in [5.74, 6) is -5.11. The first-order chi connectivity index (χ1) is 18.1. The molecule has 7 N–H and O–H groups in total. The molecule has 1 fully saturated rings. The molecule has 1 aliphatic heterocycles. The summed E-state index contributed by atoms with van der Waals surface area (Å²) in [6, 6.07) is 1.81. The van der Waals surface area contributed by atoms with E-state index in [4.69, 9.17) is 16.6 Å². The number of hydrogen-bond donors (Lipinski definition) is 5. The highest BCUT2D eigenvalue weighted by molar-refractivity contribution is 6.09. The molecule has 206 valence electrons. The third-order valence-electron chi connectivity index (χ3n) is 6.82. The largest absolute Gasteiger partial charge is 0.481 e. The molecule has 2 aromatic rings. The van der Waals surface area contributed by atoms with Gasteiger partial charge < -0.3 is 31.6 Å². The number of imide groups is 1. The van der Waals surface area contributed by atoms with E-state index in [1.54, 1.807) is 18.2 Å². The van der Waals surface area contributed by atoms with E-state index in [2.05, 4.69) is 9.88 Å². The molecule has 0 radical (unpaired) electrons. The van der Waals surface area contributed by atoms with Crippen molar-refractivity contribution in [2.45, 2.75) is 57.0 Å². The number of likely N-dealkylation sites (tertiary alicyclic amines) is 1. The number of hydrogen-bond acceptors (Lipinski definition) is 8. The normalized spacial score (nSPS) is 15.6. The van der Waals surface area contributed by atoms with Crippen LogP contribution in [0.4, 0.5) is 0 Å². The van der Waals surface area contributed by atoms with Gasteiger partial charge in [0.25, 0.3) is 0 Å². The molecule has 2 amide bonds. The van der Waals surface area contributed by atoms with Crippen molar-refractivity contribution in [1.82, 2.24) is 14.8 Å². The highest BCUT2D eigenvalue weighted by Gasteiger charge is 2.38. The number of ketones is 1. The molecular formula is C26H35N5O7. The molecule has 2 heterocycles. The average molecular weight is 530 g/mol. The van der Waals surface area contributed by atoms with Crippen LogP contribution < -0.4 is 11.5 Å². The summed E-state index contributed by atoms with van der Waals surface area (Å²) in [6.45, 7) is 2.23. The number of piperidine rings is 1. The molecule has 2 atom stereocenters. The van der Waals surface area contributed by atoms with Crippen LogP contribution in [0.5, 0.6) is 0 Å². The Hall–Kier alpha value is -3.61. The van der Waals surface area contributed by atoms with E-state index < -0.39 is 48.8 Å². The maximum atomic E-state index is 13.2. The van der Waals surface area contributed by atoms with Crippen molar-refractivity contribution in [1.29, 1.82) is 0 Å². The number of nitrogens with two attached hydrogens (primary N) is 2. The Morgan fingerprint density at radius 2 is 1.79 bits per heavy atom. The van der Waals surface area contributed by atoms with Gasteiger partial charge in [-0.3, -0.25) is 24.1 Å². The number of H-pyrrole nitrogens is 1. The molecular weight excluding hydrogens is 494 g/mol. The fourth-order valence-corrected chi connectivity index (χ4v) is 4.93. The fourth-order valence-electron chi connectivity index (χ4n) is 4.93. The summed E-state index contributed by atoms with van der Waals surface area (Å²) < 4.78 is 0. The number of carbonyl (C=O) groups excluding carboxylic acids is 3. The van der Waals surface area contributed by atoms with E-state index in [0.29, 0.717) is 39.8 Å². The van der Waals surface area contributed by atoms with Gasteiger partial charge >= 0.3 is 11.9 Å². The smallest absolute Gasteiger partial charge is 0.327 e. The number of benzene rings is 1. The zero-order chi connectivity index (χ0) is 27.8. The number of carbonyl (C=O) groups is 5. The first-order valence-corrected chi connectivity index (χ1v) is 12.7. The minimum atomic E-state index is -1.71. The van der Waals surface area contributed by atoms with Gasteiger partial charge in [-0.15, -0.1) is 0 Å². The van der Waals surface area contributed by atoms with Crippen LogP contribution in [0.15, 0.2) is 24.4 Å². The number of amides is 2. The highest BCUT2D eigenvalue weighted by Crippen LogP contribution is 2.27. The van der Waals surface area contributed by atoms with Gasteiger partial charge in [0.15, 0.2) is 5.78 Å². The Balaban J connectivity index is 1.86. The van der Waals surface area contributed by atoms with Crippen LogP contribution in [0.25, 0.3) is 10.9 Å². The third kappa shape index (κ3) is 7.03. The molecule has 1 aromatic heterocycles. The van der Waals surface area contributed by atoms with E-state index in [-0.39, 0.29) is 12.2 Å². The van der Waals surface area contributed by atoms with Gasteiger partial charge in [-0.2, -0.15) is 0 Å². The Labute approximate surface area is 219 Å². The Morgan fingerprint density at radius 3 is 2.42 bits per heavy atom. The minimum Gasteiger partial charge on any atom is -0.481 e. The quantitative estimate of drug-likeness (QED) is 0.230. The van der Waals surface area contributed by atoms with E-state index in [9.17, 15) is 29.1 Å². The number of aromatic amines is 1. The number of fused-ring (bicyclic) bond motifs is 1. The van der Waals surface area contributed by atoms with Crippen molar-refractivity contribution in [3.8, 4) is 0 Å². The monoisotopic (exact) mass is 529 g/mol. The highest BCUT2D eigenvalue weighted by atomic mass is 16.4. The van der Waals surface area contributed by atoms with Crippen LogP contribution in [-0.4, -0.2) is 92.8 Å². The molecule has 2 unspecified atom stereocenters. The van der Waals surface area contributed by atoms with Crippen molar-refractivity contribution < 1.29 is 34.2 Å². The number of carboxylic acid groups (broad SMARTS) is 2. The predicted molar refractivity (Wildman–Crippen MR) is 138 cm³/mol. The number of nitrogens with one attached hydrogen (secondary N) is 1. The number of aromatic nitrogens is 1. The van der Waals surface area contributed by atoms with Gasteiger partial charge in [-0.05, 0) is 50.5 Å². The molecule has 12 heteroatoms. The lowest BCUT2D eigenvalue weighted by Crippen LogP contribution is -2.56. The SMILES string of the molecule is NCC(=O)N(C(=O)C(N)CC(=O)O)C(Cc1c[nH]c2cccc(C(=O)CCCN3CCCCC3)c12)C(=O)O. The molecule has 12 nitrogen and oxygen atoms in total. The molecule has 3 rings (SSSR count). The molecule has 0 aliphatic carbocycles. The number of rotatable bonds is 13. The Bertz CT molecular complexity index is 1190. The van der Waals surface area contributed by atoms with Crippen LogP contribution in [0.3, 0.4) is 0 Å². The molecule has 1 aromatic carbocycles. The second-order valence-electron chi connectivity index (χ2n) is 9.54. The number of nitrogens with zero attached hydrogens (tertiary/aromatic N) is 2. The number of aliphatic carboxylic acids is 2. The van der Waals surface area contributed by atoms with Crippen LogP contribution >= 0.6 is 0 Å². The molecule has 0 saturated carbocycles. The molecule has 0 spiro atoms. The lowest BCUT2D eigenvalue weighted by atomic mass is 9.96. The zero-order valence-corrected chi connectivity index (χ0v) is 21.2. The maximum absolute atomic E-state index is 13.2. The third-order valence-corrected chi connectivity index (χ3v) is 6.82. The maximum Gasteiger partial charge on any atom is 0.327 e. The summed E-state index contributed by atoms with van der Waals surface area (Å²) in [6.07, 6.45) is 5.00. The van der Waals surface area contributed by atoms with Crippen molar-refractivity contribution in [2.24, 2.45) is 11.5 Å². The number of carboxylic acids is 2. The minimum absolute atomic E-state index is 0.0882. The topological polar surface area (TPSA) is 200 Å². The lowest BCUT2D eigenvalue weighted by molar-refractivity contribution is -0.158. The molecule has 0 bridgehead atoms. The van der Waals surface area contributed by atoms with Crippen molar-refractivity contribution in [3.05, 3.63) is 35.5 Å². The summed E-state index contributed by atoms with van der Waals surface area (Å²) in [4.78, 5) is 67.7. The van der Waals surface area contributed by atoms with Gasteiger partial charge in [0.1, 0.15) is 6.04 Å². The first-order valence-electron chi connectivity index (χ1n) is 12.7. The van der Waals surface area contributed by atoms with Crippen molar-refractivity contribution in [3.63, 3.8) is 0 Å². The van der Waals surface area contributed by atoms with E-state index in [0.717, 1.165) is 32.5 Å². The summed E-state index contributed by atoms with van der Waals surface area (Å²) in [5.41, 5.74) is 12.5. The summed E-state index contributed by atoms with van der Waals surface area (Å²) in [5, 5.41) is 19.5. The van der Waals surface area contributed by atoms with Crippen LogP contribution in [-0.2, 0) is 25.6 Å². The van der Waals surface area contributed by atoms with Gasteiger partial charge in [0, 0.05) is 35.5 Å². The van der Waals surface area contributed by atoms with Crippen LogP contribution in [0, 0.1) is 0 Å². The predicted octanol–water partition coefficient (Wildman–Crippen LogP) is 0.728. The zero-order valence-electron chi connectivity index (χ0n) is 21.2. The van der Waals surface area contributed by atoms with Gasteiger partial charge in [-0.25, -0.2) is 4.79 Å². The summed E-state index contributed by atoms with van der Waals surface area (Å²) in [7, 11) is 0. The summed E-state index contributed by atoms with van der Waals surface area (Å²) >= 11 is 0.